The number of nitrogens with zero attached hydrogens (tertiary/aromatic N) is 2. The summed E-state index contributed by atoms with van der Waals surface area (Å²) >= 11 is 0. The molecule has 2 atom stereocenters. The highest BCUT2D eigenvalue weighted by Gasteiger charge is 2.44. The van der Waals surface area contributed by atoms with Crippen molar-refractivity contribution in [2.75, 3.05) is 13.1 Å². The number of hydrogen-bond donors (Lipinski definition) is 0. The van der Waals surface area contributed by atoms with E-state index in [-0.39, 0.29) is 5.60 Å². The molecule has 2 aliphatic heterocycles. The quantitative estimate of drug-likeness (QED) is 0.368. The van der Waals surface area contributed by atoms with E-state index >= 15 is 0 Å². The van der Waals surface area contributed by atoms with Crippen molar-refractivity contribution in [1.82, 2.24) is 9.88 Å². The highest BCUT2D eigenvalue weighted by atomic mass is 16.5. The number of ether oxygens (including phenoxy) is 1. The van der Waals surface area contributed by atoms with Crippen LogP contribution in [0, 0.1) is 11.8 Å². The third-order valence-electron chi connectivity index (χ3n) is 9.04. The largest absolute Gasteiger partial charge is 0.491 e. The molecule has 0 N–H and O–H groups in total. The van der Waals surface area contributed by atoms with Crippen LogP contribution in [-0.4, -0.2) is 28.6 Å². The zero-order valence-corrected chi connectivity index (χ0v) is 23.5. The molecule has 37 heavy (non-hydrogen) atoms. The Labute approximate surface area is 225 Å². The van der Waals surface area contributed by atoms with Crippen LogP contribution in [0.2, 0.25) is 0 Å². The summed E-state index contributed by atoms with van der Waals surface area (Å²) in [6.45, 7) is 11.6. The van der Waals surface area contributed by atoms with Crippen molar-refractivity contribution in [2.24, 2.45) is 11.8 Å². The van der Waals surface area contributed by atoms with Crippen LogP contribution in [0.4, 0.5) is 0 Å². The van der Waals surface area contributed by atoms with Crippen LogP contribution in [0.3, 0.4) is 0 Å². The minimum atomic E-state index is 0.00946. The Morgan fingerprint density at radius 2 is 1.95 bits per heavy atom. The summed E-state index contributed by atoms with van der Waals surface area (Å²) in [4.78, 5) is 7.03. The number of piperidine rings is 1. The fourth-order valence-corrected chi connectivity index (χ4v) is 6.85. The predicted octanol–water partition coefficient (Wildman–Crippen LogP) is 8.01. The van der Waals surface area contributed by atoms with E-state index in [2.05, 4.69) is 80.1 Å². The van der Waals surface area contributed by atoms with Crippen LogP contribution < -0.4 is 0 Å². The van der Waals surface area contributed by atoms with E-state index in [1.807, 2.05) is 12.4 Å². The molecule has 198 valence electrons. The molecule has 2 unspecified atom stereocenters. The molecule has 3 nitrogen and oxygen atoms in total. The van der Waals surface area contributed by atoms with Gasteiger partial charge in [0, 0.05) is 37.9 Å². The number of aryl methyl sites for hydroxylation is 2. The molecule has 1 aromatic carbocycles. The van der Waals surface area contributed by atoms with Crippen molar-refractivity contribution >= 4 is 0 Å². The Hall–Kier alpha value is -2.39. The van der Waals surface area contributed by atoms with E-state index < -0.39 is 0 Å². The third-order valence-corrected chi connectivity index (χ3v) is 9.04. The topological polar surface area (TPSA) is 25.4 Å². The average molecular weight is 499 g/mol. The number of allylic oxidation sites excluding steroid dienone is 4. The van der Waals surface area contributed by atoms with E-state index in [1.54, 1.807) is 0 Å². The predicted molar refractivity (Wildman–Crippen MR) is 153 cm³/mol. The molecule has 3 heteroatoms. The lowest BCUT2D eigenvalue weighted by Crippen LogP contribution is -2.49. The molecule has 3 heterocycles. The number of rotatable bonds is 8. The zero-order chi connectivity index (χ0) is 25.8. The van der Waals surface area contributed by atoms with Gasteiger partial charge in [-0.25, -0.2) is 0 Å². The molecule has 1 aromatic heterocycles. The Kier molecular flexibility index (Phi) is 8.19. The van der Waals surface area contributed by atoms with Gasteiger partial charge in [-0.3, -0.25) is 9.88 Å². The number of aromatic nitrogens is 1. The van der Waals surface area contributed by atoms with Crippen molar-refractivity contribution < 1.29 is 4.74 Å². The molecule has 0 bridgehead atoms. The van der Waals surface area contributed by atoms with Gasteiger partial charge in [-0.05, 0) is 104 Å². The molecule has 0 saturated carbocycles. The van der Waals surface area contributed by atoms with Crippen molar-refractivity contribution in [2.45, 2.75) is 97.1 Å². The van der Waals surface area contributed by atoms with Gasteiger partial charge < -0.3 is 4.74 Å². The summed E-state index contributed by atoms with van der Waals surface area (Å²) in [7, 11) is 0. The van der Waals surface area contributed by atoms with Gasteiger partial charge in [0.25, 0.3) is 0 Å². The summed E-state index contributed by atoms with van der Waals surface area (Å²) < 4.78 is 6.91. The maximum atomic E-state index is 6.91. The molecular formula is C34H46N2O. The fraction of sp³-hybridized carbons (Fsp3) is 0.559. The minimum Gasteiger partial charge on any atom is -0.491 e. The lowest BCUT2D eigenvalue weighted by atomic mass is 9.74. The van der Waals surface area contributed by atoms with Gasteiger partial charge >= 0.3 is 0 Å². The van der Waals surface area contributed by atoms with Crippen LogP contribution >= 0.6 is 0 Å². The van der Waals surface area contributed by atoms with Crippen LogP contribution in [0.5, 0.6) is 0 Å². The van der Waals surface area contributed by atoms with Gasteiger partial charge in [0.1, 0.15) is 11.4 Å². The first-order valence-electron chi connectivity index (χ1n) is 14.8. The Morgan fingerprint density at radius 3 is 2.68 bits per heavy atom. The molecule has 1 spiro atoms. The highest BCUT2D eigenvalue weighted by Crippen LogP contribution is 2.47. The Balaban J connectivity index is 1.26. The first kappa shape index (κ1) is 26.2. The van der Waals surface area contributed by atoms with Crippen LogP contribution in [0.15, 0.2) is 66.2 Å². The second-order valence-corrected chi connectivity index (χ2v) is 12.1. The molecule has 1 aliphatic carbocycles. The Bertz CT molecular complexity index is 1110. The van der Waals surface area contributed by atoms with E-state index in [0.29, 0.717) is 17.9 Å². The molecular weight excluding hydrogens is 452 g/mol. The molecule has 0 radical (unpaired) electrons. The van der Waals surface area contributed by atoms with Gasteiger partial charge in [0.05, 0.1) is 0 Å². The highest BCUT2D eigenvalue weighted by molar-refractivity contribution is 5.35. The van der Waals surface area contributed by atoms with Crippen molar-refractivity contribution in [3.8, 4) is 0 Å². The van der Waals surface area contributed by atoms with Crippen molar-refractivity contribution in [1.29, 1.82) is 0 Å². The monoisotopic (exact) mass is 498 g/mol. The van der Waals surface area contributed by atoms with Gasteiger partial charge in [-0.15, -0.1) is 0 Å². The van der Waals surface area contributed by atoms with Crippen LogP contribution in [-0.2, 0) is 24.0 Å². The molecule has 3 aliphatic rings. The van der Waals surface area contributed by atoms with Gasteiger partial charge in [-0.1, -0.05) is 57.2 Å². The summed E-state index contributed by atoms with van der Waals surface area (Å²) in [6, 6.07) is 12.0. The molecule has 5 rings (SSSR count). The lowest BCUT2D eigenvalue weighted by Gasteiger charge is -2.49. The summed E-state index contributed by atoms with van der Waals surface area (Å²) in [5, 5.41) is 0. The lowest BCUT2D eigenvalue weighted by molar-refractivity contribution is -0.0829. The summed E-state index contributed by atoms with van der Waals surface area (Å²) in [6.07, 6.45) is 18.8. The number of pyridine rings is 1. The first-order valence-corrected chi connectivity index (χ1v) is 14.8. The van der Waals surface area contributed by atoms with Gasteiger partial charge in [-0.2, -0.15) is 0 Å². The number of hydrogen-bond acceptors (Lipinski definition) is 3. The molecule has 1 saturated heterocycles. The van der Waals surface area contributed by atoms with Gasteiger partial charge in [0.15, 0.2) is 0 Å². The maximum absolute atomic E-state index is 6.91. The smallest absolute Gasteiger partial charge is 0.112 e. The first-order chi connectivity index (χ1) is 18.0. The van der Waals surface area contributed by atoms with E-state index in [0.717, 1.165) is 58.0 Å². The number of likely N-dealkylation sites (tertiary alicyclic amines) is 1. The summed E-state index contributed by atoms with van der Waals surface area (Å²) in [5.74, 6) is 2.58. The third kappa shape index (κ3) is 6.03. The fourth-order valence-electron chi connectivity index (χ4n) is 6.85. The van der Waals surface area contributed by atoms with E-state index in [9.17, 15) is 0 Å². The maximum Gasteiger partial charge on any atom is 0.112 e. The Morgan fingerprint density at radius 1 is 1.11 bits per heavy atom. The molecule has 1 fully saturated rings. The van der Waals surface area contributed by atoms with Crippen molar-refractivity contribution in [3.63, 3.8) is 0 Å². The molecule has 0 amide bonds. The second kappa shape index (κ2) is 11.6. The van der Waals surface area contributed by atoms with Gasteiger partial charge in [0.2, 0.25) is 0 Å². The average Bonchev–Trinajstić information content (AvgIpc) is 2.92. The standard InChI is InChI=1S/C34H46N2O/c1-5-28-22-29(14-15-30(28)21-25(2)3)26(4)36-19-16-34(17-20-36)23-31(13-12-27-9-8-18-35-24-27)32-10-6-7-11-33(32)37-34/h6,8-10,14-15,18,22,24-26,31H,5,7,11-13,16-17,19-21,23H2,1-4H3. The van der Waals surface area contributed by atoms with Crippen molar-refractivity contribution in [3.05, 3.63) is 88.5 Å². The number of benzene rings is 1. The second-order valence-electron chi connectivity index (χ2n) is 12.1. The zero-order valence-electron chi connectivity index (χ0n) is 23.5. The van der Waals surface area contributed by atoms with E-state index in [1.165, 1.54) is 46.4 Å². The van der Waals surface area contributed by atoms with Crippen LogP contribution in [0.25, 0.3) is 0 Å². The van der Waals surface area contributed by atoms with Crippen LogP contribution in [0.1, 0.15) is 94.5 Å². The summed E-state index contributed by atoms with van der Waals surface area (Å²) in [5.41, 5.74) is 7.37. The van der Waals surface area contributed by atoms with E-state index in [4.69, 9.17) is 4.74 Å². The molecule has 2 aromatic rings. The normalized spacial score (nSPS) is 22.2. The SMILES string of the molecule is CCc1cc(C(C)N2CCC3(CC2)CC(CCc2cccnc2)C2=C(CCC=C2)O3)ccc1CC(C)C. The minimum absolute atomic E-state index is 0.00946.